The summed E-state index contributed by atoms with van der Waals surface area (Å²) >= 11 is 0. The van der Waals surface area contributed by atoms with Gasteiger partial charge in [-0.1, -0.05) is 0 Å². The van der Waals surface area contributed by atoms with E-state index in [0.29, 0.717) is 0 Å². The lowest BCUT2D eigenvalue weighted by Gasteiger charge is -2.23. The number of carboxylic acid groups (broad SMARTS) is 2. The van der Waals surface area contributed by atoms with Crippen LogP contribution in [0.3, 0.4) is 0 Å². The number of nitrogens with zero attached hydrogens (tertiary/aromatic N) is 2. The van der Waals surface area contributed by atoms with E-state index in [1.165, 1.54) is 9.80 Å². The summed E-state index contributed by atoms with van der Waals surface area (Å²) in [6, 6.07) is 0. The van der Waals surface area contributed by atoms with Gasteiger partial charge in [-0.25, -0.2) is 0 Å². The number of aliphatic carboxylic acids is 2. The average molecular weight is 321 g/mol. The van der Waals surface area contributed by atoms with Crippen molar-refractivity contribution in [3.8, 4) is 0 Å². The van der Waals surface area contributed by atoms with E-state index in [4.69, 9.17) is 15.3 Å². The molecule has 0 unspecified atom stereocenters. The second-order valence-electron chi connectivity index (χ2n) is 4.52. The van der Waals surface area contributed by atoms with E-state index in [2.05, 4.69) is 9.47 Å². The van der Waals surface area contributed by atoms with Crippen LogP contribution in [0.15, 0.2) is 0 Å². The fourth-order valence-electron chi connectivity index (χ4n) is 1.80. The molecule has 0 bridgehead atoms. The van der Waals surface area contributed by atoms with Crippen LogP contribution in [0.5, 0.6) is 0 Å². The molecule has 0 amide bonds. The van der Waals surface area contributed by atoms with E-state index < -0.39 is 56.5 Å². The van der Waals surface area contributed by atoms with Crippen LogP contribution in [0.4, 0.5) is 0 Å². The van der Waals surface area contributed by atoms with Gasteiger partial charge in [0.05, 0.1) is 26.2 Å². The summed E-state index contributed by atoms with van der Waals surface area (Å²) in [5, 5.41) is 24.8. The van der Waals surface area contributed by atoms with Crippen molar-refractivity contribution in [1.29, 1.82) is 0 Å². The van der Waals surface area contributed by atoms with Gasteiger partial charge in [0.1, 0.15) is 0 Å². The number of cyclic esters (lactones) is 2. The summed E-state index contributed by atoms with van der Waals surface area (Å²) in [6.45, 7) is -3.58. The number of carbonyl (C=O) groups is 4. The number of esters is 2. The summed E-state index contributed by atoms with van der Waals surface area (Å²) < 4.78 is 8.99. The molecule has 1 aliphatic heterocycles. The van der Waals surface area contributed by atoms with Crippen molar-refractivity contribution >= 4 is 23.9 Å². The minimum Gasteiger partial charge on any atom is -0.480 e. The third-order valence-corrected chi connectivity index (χ3v) is 2.63. The fourth-order valence-corrected chi connectivity index (χ4v) is 1.80. The monoisotopic (exact) mass is 321 g/mol. The lowest BCUT2D eigenvalue weighted by molar-refractivity contribution is -0.246. The summed E-state index contributed by atoms with van der Waals surface area (Å²) in [4.78, 5) is 46.9. The topological polar surface area (TPSA) is 157 Å². The Labute approximate surface area is 124 Å². The maximum absolute atomic E-state index is 11.5. The molecule has 4 N–H and O–H groups in total. The minimum atomic E-state index is -1.88. The van der Waals surface area contributed by atoms with Gasteiger partial charge >= 0.3 is 30.4 Å². The van der Waals surface area contributed by atoms with Gasteiger partial charge in [-0.3, -0.25) is 29.0 Å². The molecule has 1 fully saturated rings. The van der Waals surface area contributed by atoms with Crippen LogP contribution >= 0.6 is 0 Å². The molecule has 1 heterocycles. The van der Waals surface area contributed by atoms with Crippen LogP contribution in [-0.2, 0) is 28.7 Å². The molecule has 1 saturated heterocycles. The lowest BCUT2D eigenvalue weighted by atomic mass is 10.4. The molecule has 0 atom stereocenters. The zero-order valence-electron chi connectivity index (χ0n) is 11.6. The molecule has 0 aliphatic carbocycles. The molecular weight excluding hydrogens is 304 g/mol. The summed E-state index contributed by atoms with van der Waals surface area (Å²) in [6.07, 6.45) is 0. The van der Waals surface area contributed by atoms with Crippen molar-refractivity contribution in [1.82, 2.24) is 9.80 Å². The van der Waals surface area contributed by atoms with Gasteiger partial charge in [-0.2, -0.15) is 0 Å². The van der Waals surface area contributed by atoms with Gasteiger partial charge < -0.3 is 24.8 Å². The van der Waals surface area contributed by atoms with Gasteiger partial charge in [0, 0.05) is 13.1 Å². The number of rotatable bonds is 4. The molecule has 0 saturated carbocycles. The first-order valence-electron chi connectivity index (χ1n) is 6.24. The zero-order chi connectivity index (χ0) is 16.7. The Morgan fingerprint density at radius 2 is 1.36 bits per heavy atom. The molecular formula is C11H17N2O9+. The molecule has 0 radical (unpaired) electrons. The minimum absolute atomic E-state index is 0.0324. The lowest BCUT2D eigenvalue weighted by Crippen LogP contribution is -2.43. The largest absolute Gasteiger partial charge is 0.480 e. The van der Waals surface area contributed by atoms with Gasteiger partial charge in [-0.15, -0.1) is 0 Å². The third-order valence-electron chi connectivity index (χ3n) is 2.63. The number of carboxylic acids is 2. The Balaban J connectivity index is 2.82. The Kier molecular flexibility index (Phi) is 6.69. The molecule has 1 aliphatic rings. The smallest absolute Gasteiger partial charge is 0.480 e. The highest BCUT2D eigenvalue weighted by molar-refractivity contribution is 5.75. The highest BCUT2D eigenvalue weighted by Gasteiger charge is 2.26. The molecule has 124 valence electrons. The maximum Gasteiger partial charge on any atom is 0.480 e. The molecule has 1 rings (SSSR count). The van der Waals surface area contributed by atoms with Gasteiger partial charge in [0.2, 0.25) is 0 Å². The Hall–Kier alpha value is -2.24. The highest BCUT2D eigenvalue weighted by Crippen LogP contribution is 2.01. The zero-order valence-corrected chi connectivity index (χ0v) is 11.6. The van der Waals surface area contributed by atoms with E-state index >= 15 is 0 Å². The van der Waals surface area contributed by atoms with Crippen LogP contribution in [0.2, 0.25) is 0 Å². The van der Waals surface area contributed by atoms with Gasteiger partial charge in [0.25, 0.3) is 0 Å². The van der Waals surface area contributed by atoms with E-state index in [1.54, 1.807) is 0 Å². The molecule has 0 aromatic heterocycles. The SMILES string of the molecule is O=C(O)CN1CCN(CC(=O)O)CC(=O)OC([OH2+])OC(=O)C1. The van der Waals surface area contributed by atoms with Gasteiger partial charge in [-0.05, 0) is 0 Å². The summed E-state index contributed by atoms with van der Waals surface area (Å²) in [5.41, 5.74) is 0. The third kappa shape index (κ3) is 6.97. The molecule has 22 heavy (non-hydrogen) atoms. The van der Waals surface area contributed by atoms with E-state index in [9.17, 15) is 19.2 Å². The number of hydrogen-bond acceptors (Lipinski definition) is 8. The molecule has 11 nitrogen and oxygen atoms in total. The van der Waals surface area contributed by atoms with Crippen molar-refractivity contribution in [2.45, 2.75) is 6.48 Å². The number of ether oxygens (including phenoxy) is 2. The van der Waals surface area contributed by atoms with Crippen LogP contribution < -0.4 is 0 Å². The average Bonchev–Trinajstić information content (AvgIpc) is 2.34. The number of hydrogen-bond donors (Lipinski definition) is 2. The standard InChI is InChI=1S/C11H16N2O9/c14-7(15)3-12-1-2-13(4-8(16)17)6-10(19)22-11(20)21-9(18)5-12/h11,20H,1-6H2,(H,14,15)(H,16,17)/p+1. The first kappa shape index (κ1) is 17.8. The molecule has 0 aromatic carbocycles. The Morgan fingerprint density at radius 3 is 1.68 bits per heavy atom. The van der Waals surface area contributed by atoms with Crippen LogP contribution in [0.1, 0.15) is 0 Å². The second-order valence-corrected chi connectivity index (χ2v) is 4.52. The molecule has 0 aromatic rings. The van der Waals surface area contributed by atoms with E-state index in [0.717, 1.165) is 0 Å². The van der Waals surface area contributed by atoms with Crippen LogP contribution in [0, 0.1) is 0 Å². The van der Waals surface area contributed by atoms with Crippen molar-refractivity contribution < 1.29 is 44.0 Å². The van der Waals surface area contributed by atoms with Gasteiger partial charge in [0.15, 0.2) is 0 Å². The predicted molar refractivity (Wildman–Crippen MR) is 67.7 cm³/mol. The first-order valence-corrected chi connectivity index (χ1v) is 6.24. The molecule has 11 heteroatoms. The van der Waals surface area contributed by atoms with E-state index in [-0.39, 0.29) is 13.1 Å². The second kappa shape index (κ2) is 8.26. The first-order chi connectivity index (χ1) is 10.3. The number of carbonyl (C=O) groups excluding carboxylic acids is 2. The predicted octanol–water partition coefficient (Wildman–Crippen LogP) is -3.13. The van der Waals surface area contributed by atoms with Crippen LogP contribution in [-0.4, -0.2) is 94.7 Å². The van der Waals surface area contributed by atoms with Crippen molar-refractivity contribution in [2.24, 2.45) is 0 Å². The van der Waals surface area contributed by atoms with Crippen molar-refractivity contribution in [2.75, 3.05) is 39.3 Å². The van der Waals surface area contributed by atoms with Crippen molar-refractivity contribution in [3.63, 3.8) is 0 Å². The maximum atomic E-state index is 11.5. The van der Waals surface area contributed by atoms with Crippen molar-refractivity contribution in [3.05, 3.63) is 0 Å². The Morgan fingerprint density at radius 1 is 1.00 bits per heavy atom. The fraction of sp³-hybridized carbons (Fsp3) is 0.636. The summed E-state index contributed by atoms with van der Waals surface area (Å²) in [7, 11) is 0. The summed E-state index contributed by atoms with van der Waals surface area (Å²) in [5.74, 6) is -4.19. The molecule has 0 spiro atoms. The highest BCUT2D eigenvalue weighted by atomic mass is 16.8. The Bertz CT molecular complexity index is 413. The quantitative estimate of drug-likeness (QED) is 0.400. The van der Waals surface area contributed by atoms with E-state index in [1.807, 2.05) is 0 Å². The van der Waals surface area contributed by atoms with Crippen LogP contribution in [0.25, 0.3) is 0 Å². The normalized spacial score (nSPS) is 19.9.